The molecule has 1 aromatic carbocycles. The van der Waals surface area contributed by atoms with Gasteiger partial charge in [-0.1, -0.05) is 17.6 Å². The molecule has 134 valence electrons. The fourth-order valence-corrected chi connectivity index (χ4v) is 5.09. The maximum atomic E-state index is 13.0. The highest BCUT2D eigenvalue weighted by Crippen LogP contribution is 2.43. The molecule has 2 aromatic rings. The topological polar surface area (TPSA) is 39.3 Å². The van der Waals surface area contributed by atoms with Crippen molar-refractivity contribution >= 4 is 51.6 Å². The molecule has 26 heavy (non-hydrogen) atoms. The van der Waals surface area contributed by atoms with Crippen molar-refractivity contribution in [2.75, 3.05) is 26.7 Å². The SMILES string of the molecule is [B]c1cc2c3c(c(Br)[nH]c3c1)CC1C2=CC(C(=O)N(CC)CC)CN1C. The second-order valence-electron chi connectivity index (χ2n) is 7.31. The van der Waals surface area contributed by atoms with Crippen molar-refractivity contribution in [3.05, 3.63) is 33.9 Å². The van der Waals surface area contributed by atoms with Crippen molar-refractivity contribution in [1.82, 2.24) is 14.8 Å². The number of likely N-dealkylation sites (N-methyl/N-ethyl adjacent to an activating group) is 1. The highest BCUT2D eigenvalue weighted by Gasteiger charge is 2.37. The first-order chi connectivity index (χ1) is 12.4. The van der Waals surface area contributed by atoms with Gasteiger partial charge in [0, 0.05) is 36.6 Å². The zero-order chi connectivity index (χ0) is 18.6. The number of benzene rings is 1. The van der Waals surface area contributed by atoms with Gasteiger partial charge in [0.15, 0.2) is 0 Å². The Bertz CT molecular complexity index is 915. The predicted molar refractivity (Wildman–Crippen MR) is 111 cm³/mol. The van der Waals surface area contributed by atoms with Crippen LogP contribution in [0.15, 0.2) is 22.8 Å². The Kier molecular flexibility index (Phi) is 4.52. The number of fused-ring (bicyclic) bond motifs is 2. The Morgan fingerprint density at radius 1 is 1.38 bits per heavy atom. The molecule has 4 rings (SSSR count). The Balaban J connectivity index is 1.86. The Morgan fingerprint density at radius 2 is 2.12 bits per heavy atom. The largest absolute Gasteiger partial charge is 0.349 e. The third-order valence-corrected chi connectivity index (χ3v) is 6.51. The van der Waals surface area contributed by atoms with Crippen LogP contribution in [0.4, 0.5) is 0 Å². The van der Waals surface area contributed by atoms with E-state index >= 15 is 0 Å². The molecular weight excluding hydrogens is 389 g/mol. The molecule has 2 heterocycles. The number of amides is 1. The summed E-state index contributed by atoms with van der Waals surface area (Å²) in [7, 11) is 8.29. The number of hydrogen-bond acceptors (Lipinski definition) is 2. The first-order valence-corrected chi connectivity index (χ1v) is 10.0. The summed E-state index contributed by atoms with van der Waals surface area (Å²) in [5, 5.41) is 1.23. The van der Waals surface area contributed by atoms with Crippen LogP contribution in [0.2, 0.25) is 0 Å². The highest BCUT2D eigenvalue weighted by atomic mass is 79.9. The van der Waals surface area contributed by atoms with E-state index in [9.17, 15) is 4.79 Å². The second kappa shape index (κ2) is 6.57. The van der Waals surface area contributed by atoms with E-state index < -0.39 is 0 Å². The Labute approximate surface area is 164 Å². The molecule has 4 nitrogen and oxygen atoms in total. The van der Waals surface area contributed by atoms with Crippen LogP contribution in [0.5, 0.6) is 0 Å². The third-order valence-electron chi connectivity index (χ3n) is 5.83. The average Bonchev–Trinajstić information content (AvgIpc) is 2.92. The van der Waals surface area contributed by atoms with Crippen molar-refractivity contribution < 1.29 is 4.79 Å². The summed E-state index contributed by atoms with van der Waals surface area (Å²) in [6.45, 7) is 6.33. The molecule has 1 aromatic heterocycles. The number of rotatable bonds is 3. The molecule has 1 aliphatic carbocycles. The summed E-state index contributed by atoms with van der Waals surface area (Å²) in [5.41, 5.74) is 5.51. The smallest absolute Gasteiger partial charge is 0.230 e. The minimum atomic E-state index is -0.105. The molecular formula is C20H23BBrN3O. The summed E-state index contributed by atoms with van der Waals surface area (Å²) in [4.78, 5) is 20.6. The van der Waals surface area contributed by atoms with Crippen molar-refractivity contribution in [1.29, 1.82) is 0 Å². The molecule has 0 saturated carbocycles. The van der Waals surface area contributed by atoms with Crippen molar-refractivity contribution in [2.24, 2.45) is 5.92 Å². The standard InChI is InChI=1S/C20H23BBrN3O/c1-4-25(5-2)20(26)11-6-13-14-7-12(21)8-16-18(14)15(19(22)23-16)9-17(13)24(3)10-11/h6-8,11,17,23H,4-5,9-10H2,1-3H3. The molecule has 0 spiro atoms. The summed E-state index contributed by atoms with van der Waals surface area (Å²) in [6, 6.07) is 4.32. The molecule has 2 unspecified atom stereocenters. The number of H-pyrrole nitrogens is 1. The van der Waals surface area contributed by atoms with Crippen LogP contribution in [-0.4, -0.2) is 61.3 Å². The van der Waals surface area contributed by atoms with Gasteiger partial charge in [0.1, 0.15) is 7.85 Å². The highest BCUT2D eigenvalue weighted by molar-refractivity contribution is 9.10. The number of carbonyl (C=O) groups excluding carboxylic acids is 1. The molecule has 2 atom stereocenters. The zero-order valence-corrected chi connectivity index (χ0v) is 17.1. The first kappa shape index (κ1) is 17.9. The van der Waals surface area contributed by atoms with Crippen molar-refractivity contribution in [2.45, 2.75) is 26.3 Å². The van der Waals surface area contributed by atoms with Crippen LogP contribution in [0, 0.1) is 5.92 Å². The lowest BCUT2D eigenvalue weighted by atomic mass is 9.77. The number of carbonyl (C=O) groups is 1. The number of aromatic amines is 1. The number of halogens is 1. The van der Waals surface area contributed by atoms with Crippen LogP contribution in [0.25, 0.3) is 16.5 Å². The lowest BCUT2D eigenvalue weighted by molar-refractivity contribution is -0.134. The molecule has 1 aliphatic heterocycles. The summed E-state index contributed by atoms with van der Waals surface area (Å²) in [6.07, 6.45) is 3.13. The lowest BCUT2D eigenvalue weighted by Gasteiger charge is -2.40. The van der Waals surface area contributed by atoms with Gasteiger partial charge in [-0.15, -0.1) is 0 Å². The molecule has 6 heteroatoms. The zero-order valence-electron chi connectivity index (χ0n) is 15.5. The van der Waals surface area contributed by atoms with Gasteiger partial charge in [0.25, 0.3) is 0 Å². The summed E-state index contributed by atoms with van der Waals surface area (Å²) >= 11 is 3.68. The normalized spacial score (nSPS) is 22.2. The summed E-state index contributed by atoms with van der Waals surface area (Å²) in [5.74, 6) is 0.112. The monoisotopic (exact) mass is 411 g/mol. The molecule has 0 saturated heterocycles. The van der Waals surface area contributed by atoms with Gasteiger partial charge < -0.3 is 9.88 Å². The van der Waals surface area contributed by atoms with Gasteiger partial charge in [-0.2, -0.15) is 0 Å². The maximum absolute atomic E-state index is 13.0. The molecule has 2 aliphatic rings. The van der Waals surface area contributed by atoms with Gasteiger partial charge in [-0.05, 0) is 66.0 Å². The van der Waals surface area contributed by atoms with E-state index in [1.807, 2.05) is 24.8 Å². The van der Waals surface area contributed by atoms with Gasteiger partial charge in [-0.25, -0.2) is 0 Å². The number of hydrogen-bond donors (Lipinski definition) is 1. The van der Waals surface area contributed by atoms with E-state index in [1.165, 1.54) is 16.5 Å². The van der Waals surface area contributed by atoms with Gasteiger partial charge in [0.05, 0.1) is 10.5 Å². The molecule has 2 radical (unpaired) electrons. The van der Waals surface area contributed by atoms with E-state index in [0.717, 1.165) is 47.2 Å². The van der Waals surface area contributed by atoms with Gasteiger partial charge >= 0.3 is 0 Å². The fourth-order valence-electron chi connectivity index (χ4n) is 4.51. The van der Waals surface area contributed by atoms with Gasteiger partial charge in [0.2, 0.25) is 5.91 Å². The minimum absolute atomic E-state index is 0.105. The molecule has 0 bridgehead atoms. The minimum Gasteiger partial charge on any atom is -0.349 e. The van der Waals surface area contributed by atoms with E-state index in [0.29, 0.717) is 0 Å². The van der Waals surface area contributed by atoms with Gasteiger partial charge in [-0.3, -0.25) is 9.69 Å². The van der Waals surface area contributed by atoms with Crippen LogP contribution in [-0.2, 0) is 11.2 Å². The molecule has 1 N–H and O–H groups in total. The van der Waals surface area contributed by atoms with Crippen LogP contribution < -0.4 is 5.46 Å². The number of nitrogens with zero attached hydrogens (tertiary/aromatic N) is 2. The lowest BCUT2D eigenvalue weighted by Crippen LogP contribution is -2.47. The van der Waals surface area contributed by atoms with E-state index in [-0.39, 0.29) is 17.9 Å². The van der Waals surface area contributed by atoms with E-state index in [1.54, 1.807) is 0 Å². The maximum Gasteiger partial charge on any atom is 0.230 e. The fraction of sp³-hybridized carbons (Fsp3) is 0.450. The Morgan fingerprint density at radius 3 is 2.81 bits per heavy atom. The van der Waals surface area contributed by atoms with Crippen molar-refractivity contribution in [3.8, 4) is 0 Å². The molecule has 1 amide bonds. The average molecular weight is 412 g/mol. The van der Waals surface area contributed by atoms with Crippen molar-refractivity contribution in [3.63, 3.8) is 0 Å². The van der Waals surface area contributed by atoms with Crippen LogP contribution in [0.1, 0.15) is 25.0 Å². The predicted octanol–water partition coefficient (Wildman–Crippen LogP) is 2.46. The number of nitrogens with one attached hydrogen (secondary N) is 1. The first-order valence-electron chi connectivity index (χ1n) is 9.25. The van der Waals surface area contributed by atoms with E-state index in [2.05, 4.69) is 45.0 Å². The van der Waals surface area contributed by atoms with Crippen LogP contribution in [0.3, 0.4) is 0 Å². The van der Waals surface area contributed by atoms with Crippen LogP contribution >= 0.6 is 15.9 Å². The second-order valence-corrected chi connectivity index (χ2v) is 8.10. The third kappa shape index (κ3) is 2.66. The molecule has 0 fully saturated rings. The summed E-state index contributed by atoms with van der Waals surface area (Å²) < 4.78 is 1.04. The Hall–Kier alpha value is -1.53. The quantitative estimate of drug-likeness (QED) is 0.788. The number of aromatic nitrogens is 1. The van der Waals surface area contributed by atoms with E-state index in [4.69, 9.17) is 7.85 Å².